The van der Waals surface area contributed by atoms with Crippen LogP contribution in [-0.4, -0.2) is 31.2 Å². The van der Waals surface area contributed by atoms with Crippen LogP contribution in [0.25, 0.3) is 0 Å². The quantitative estimate of drug-likeness (QED) is 0.877. The van der Waals surface area contributed by atoms with Crippen molar-refractivity contribution in [3.05, 3.63) is 23.9 Å². The molecule has 0 amide bonds. The monoisotopic (exact) mass is 244 g/mol. The maximum absolute atomic E-state index is 8.75. The molecule has 1 aliphatic heterocycles. The topological polar surface area (TPSA) is 52.0 Å². The summed E-state index contributed by atoms with van der Waals surface area (Å²) in [5.41, 5.74) is 0.626. The zero-order chi connectivity index (χ0) is 12.8. The van der Waals surface area contributed by atoms with Crippen molar-refractivity contribution in [1.82, 2.24) is 10.3 Å². The van der Waals surface area contributed by atoms with E-state index in [9.17, 15) is 0 Å². The van der Waals surface area contributed by atoms with Crippen molar-refractivity contribution >= 4 is 5.82 Å². The number of nitriles is 1. The van der Waals surface area contributed by atoms with Crippen LogP contribution in [0.1, 0.15) is 25.3 Å². The fourth-order valence-corrected chi connectivity index (χ4v) is 2.35. The highest BCUT2D eigenvalue weighted by Crippen LogP contribution is 2.21. The standard InChI is InChI=1S/C14H20N4/c1-2-16-10-12-5-7-18(8-6-12)14-4-3-13(9-15)11-17-14/h3-4,11-12,16H,2,5-8,10H2,1H3. The van der Waals surface area contributed by atoms with E-state index < -0.39 is 0 Å². The van der Waals surface area contributed by atoms with Gasteiger partial charge in [-0.15, -0.1) is 0 Å². The second-order valence-corrected chi connectivity index (χ2v) is 4.75. The number of hydrogen-bond acceptors (Lipinski definition) is 4. The predicted molar refractivity (Wildman–Crippen MR) is 72.4 cm³/mol. The number of aromatic nitrogens is 1. The minimum atomic E-state index is 0.626. The van der Waals surface area contributed by atoms with Gasteiger partial charge in [0.15, 0.2) is 0 Å². The Bertz CT molecular complexity index is 399. The molecular weight excluding hydrogens is 224 g/mol. The van der Waals surface area contributed by atoms with Crippen molar-refractivity contribution < 1.29 is 0 Å². The Morgan fingerprint density at radius 1 is 1.44 bits per heavy atom. The van der Waals surface area contributed by atoms with Gasteiger partial charge in [0.2, 0.25) is 0 Å². The molecule has 0 unspecified atom stereocenters. The smallest absolute Gasteiger partial charge is 0.128 e. The number of anilines is 1. The van der Waals surface area contributed by atoms with Gasteiger partial charge in [-0.05, 0) is 44.0 Å². The summed E-state index contributed by atoms with van der Waals surface area (Å²) in [4.78, 5) is 6.66. The summed E-state index contributed by atoms with van der Waals surface area (Å²) in [6, 6.07) is 5.89. The first-order valence-corrected chi connectivity index (χ1v) is 6.65. The third-order valence-corrected chi connectivity index (χ3v) is 3.50. The molecule has 1 aliphatic rings. The molecule has 96 valence electrons. The lowest BCUT2D eigenvalue weighted by atomic mass is 9.97. The van der Waals surface area contributed by atoms with E-state index in [0.717, 1.165) is 37.9 Å². The minimum Gasteiger partial charge on any atom is -0.357 e. The van der Waals surface area contributed by atoms with E-state index in [1.54, 1.807) is 6.20 Å². The Balaban J connectivity index is 1.87. The summed E-state index contributed by atoms with van der Waals surface area (Å²) in [7, 11) is 0. The average molecular weight is 244 g/mol. The molecule has 1 saturated heterocycles. The molecule has 0 radical (unpaired) electrons. The van der Waals surface area contributed by atoms with Crippen LogP contribution >= 0.6 is 0 Å². The number of nitrogens with one attached hydrogen (secondary N) is 1. The summed E-state index contributed by atoms with van der Waals surface area (Å²) in [6.07, 6.45) is 4.09. The Morgan fingerprint density at radius 2 is 2.22 bits per heavy atom. The molecule has 0 spiro atoms. The lowest BCUT2D eigenvalue weighted by Crippen LogP contribution is -2.37. The SMILES string of the molecule is CCNCC1CCN(c2ccc(C#N)cn2)CC1. The van der Waals surface area contributed by atoms with Gasteiger partial charge in [0.1, 0.15) is 11.9 Å². The van der Waals surface area contributed by atoms with Crippen LogP contribution < -0.4 is 10.2 Å². The van der Waals surface area contributed by atoms with E-state index in [1.165, 1.54) is 12.8 Å². The van der Waals surface area contributed by atoms with E-state index in [1.807, 2.05) is 12.1 Å². The molecule has 0 aliphatic carbocycles. The first-order chi connectivity index (χ1) is 8.83. The predicted octanol–water partition coefficient (Wildman–Crippen LogP) is 1.78. The summed E-state index contributed by atoms with van der Waals surface area (Å²) < 4.78 is 0. The van der Waals surface area contributed by atoms with Gasteiger partial charge in [-0.3, -0.25) is 0 Å². The van der Waals surface area contributed by atoms with Crippen molar-refractivity contribution in [2.24, 2.45) is 5.92 Å². The van der Waals surface area contributed by atoms with E-state index in [0.29, 0.717) is 5.56 Å². The number of hydrogen-bond donors (Lipinski definition) is 1. The highest BCUT2D eigenvalue weighted by molar-refractivity contribution is 5.42. The zero-order valence-electron chi connectivity index (χ0n) is 10.9. The van der Waals surface area contributed by atoms with Gasteiger partial charge in [0, 0.05) is 19.3 Å². The minimum absolute atomic E-state index is 0.626. The van der Waals surface area contributed by atoms with E-state index in [-0.39, 0.29) is 0 Å². The molecule has 0 bridgehead atoms. The Morgan fingerprint density at radius 3 is 2.78 bits per heavy atom. The van der Waals surface area contributed by atoms with Crippen LogP contribution in [0.2, 0.25) is 0 Å². The normalized spacial score (nSPS) is 16.6. The van der Waals surface area contributed by atoms with E-state index in [2.05, 4.69) is 28.2 Å². The summed E-state index contributed by atoms with van der Waals surface area (Å²) in [5.74, 6) is 1.79. The van der Waals surface area contributed by atoms with Crippen LogP contribution in [0.3, 0.4) is 0 Å². The molecule has 1 N–H and O–H groups in total. The number of pyridine rings is 1. The van der Waals surface area contributed by atoms with Gasteiger partial charge in [-0.2, -0.15) is 5.26 Å². The fourth-order valence-electron chi connectivity index (χ4n) is 2.35. The Labute approximate surface area is 109 Å². The highest BCUT2D eigenvalue weighted by atomic mass is 15.2. The lowest BCUT2D eigenvalue weighted by molar-refractivity contribution is 0.385. The summed E-state index contributed by atoms with van der Waals surface area (Å²) in [5, 5.41) is 12.2. The average Bonchev–Trinajstić information content (AvgIpc) is 2.46. The first-order valence-electron chi connectivity index (χ1n) is 6.65. The van der Waals surface area contributed by atoms with Crippen molar-refractivity contribution in [3.63, 3.8) is 0 Å². The fraction of sp³-hybridized carbons (Fsp3) is 0.571. The van der Waals surface area contributed by atoms with Gasteiger partial charge in [-0.25, -0.2) is 4.98 Å². The molecule has 0 aromatic carbocycles. The lowest BCUT2D eigenvalue weighted by Gasteiger charge is -2.32. The third-order valence-electron chi connectivity index (χ3n) is 3.50. The van der Waals surface area contributed by atoms with Gasteiger partial charge in [0.25, 0.3) is 0 Å². The van der Waals surface area contributed by atoms with Gasteiger partial charge in [0.05, 0.1) is 5.56 Å². The molecule has 4 nitrogen and oxygen atoms in total. The van der Waals surface area contributed by atoms with Crippen molar-refractivity contribution in [3.8, 4) is 6.07 Å². The molecule has 1 aromatic heterocycles. The third kappa shape index (κ3) is 3.21. The van der Waals surface area contributed by atoms with Crippen LogP contribution in [0.5, 0.6) is 0 Å². The van der Waals surface area contributed by atoms with Crippen LogP contribution in [0.4, 0.5) is 5.82 Å². The zero-order valence-corrected chi connectivity index (χ0v) is 10.9. The maximum Gasteiger partial charge on any atom is 0.128 e. The van der Waals surface area contributed by atoms with Crippen LogP contribution in [0, 0.1) is 17.2 Å². The van der Waals surface area contributed by atoms with Crippen molar-refractivity contribution in [2.75, 3.05) is 31.1 Å². The molecule has 0 atom stereocenters. The second kappa shape index (κ2) is 6.36. The number of rotatable bonds is 4. The molecule has 0 saturated carbocycles. The summed E-state index contributed by atoms with van der Waals surface area (Å²) >= 11 is 0. The molecule has 2 heterocycles. The molecule has 2 rings (SSSR count). The van der Waals surface area contributed by atoms with Crippen molar-refractivity contribution in [2.45, 2.75) is 19.8 Å². The Hall–Kier alpha value is -1.60. The first kappa shape index (κ1) is 12.8. The maximum atomic E-state index is 8.75. The number of nitrogens with zero attached hydrogens (tertiary/aromatic N) is 3. The summed E-state index contributed by atoms with van der Waals surface area (Å²) in [6.45, 7) is 6.46. The second-order valence-electron chi connectivity index (χ2n) is 4.75. The van der Waals surface area contributed by atoms with E-state index >= 15 is 0 Å². The van der Waals surface area contributed by atoms with E-state index in [4.69, 9.17) is 5.26 Å². The highest BCUT2D eigenvalue weighted by Gasteiger charge is 2.19. The molecule has 1 aromatic rings. The number of piperidine rings is 1. The van der Waals surface area contributed by atoms with Gasteiger partial charge >= 0.3 is 0 Å². The van der Waals surface area contributed by atoms with Gasteiger partial charge in [-0.1, -0.05) is 6.92 Å². The molecule has 1 fully saturated rings. The molecule has 4 heteroatoms. The molecular formula is C14H20N4. The van der Waals surface area contributed by atoms with Crippen LogP contribution in [-0.2, 0) is 0 Å². The largest absolute Gasteiger partial charge is 0.357 e. The van der Waals surface area contributed by atoms with Crippen LogP contribution in [0.15, 0.2) is 18.3 Å². The Kier molecular flexibility index (Phi) is 4.54. The van der Waals surface area contributed by atoms with Crippen molar-refractivity contribution in [1.29, 1.82) is 5.26 Å². The van der Waals surface area contributed by atoms with Gasteiger partial charge < -0.3 is 10.2 Å². The molecule has 18 heavy (non-hydrogen) atoms.